The van der Waals surface area contributed by atoms with Gasteiger partial charge in [0, 0.05) is 18.0 Å². The van der Waals surface area contributed by atoms with Crippen LogP contribution in [0, 0.1) is 0 Å². The van der Waals surface area contributed by atoms with Crippen LogP contribution in [0.4, 0.5) is 4.39 Å². The SMILES string of the molecule is C=C/C(F)=C(\C)CC=Cc1nc2cc(-c3cccnc3)ccc2o1. The van der Waals surface area contributed by atoms with Gasteiger partial charge in [-0.15, -0.1) is 0 Å². The summed E-state index contributed by atoms with van der Waals surface area (Å²) in [5.41, 5.74) is 4.18. The molecule has 0 spiro atoms. The van der Waals surface area contributed by atoms with Gasteiger partial charge in [0.25, 0.3) is 0 Å². The van der Waals surface area contributed by atoms with Gasteiger partial charge in [0.05, 0.1) is 0 Å². The zero-order valence-corrected chi connectivity index (χ0v) is 13.4. The van der Waals surface area contributed by atoms with Crippen molar-refractivity contribution in [1.82, 2.24) is 9.97 Å². The maximum absolute atomic E-state index is 13.3. The third kappa shape index (κ3) is 3.49. The third-order valence-electron chi connectivity index (χ3n) is 3.67. The molecule has 0 bridgehead atoms. The number of halogens is 1. The van der Waals surface area contributed by atoms with Crippen LogP contribution in [0.1, 0.15) is 19.2 Å². The molecule has 0 aliphatic carbocycles. The highest BCUT2D eigenvalue weighted by Gasteiger charge is 2.06. The van der Waals surface area contributed by atoms with Gasteiger partial charge >= 0.3 is 0 Å². The maximum Gasteiger partial charge on any atom is 0.219 e. The Morgan fingerprint density at radius 3 is 2.92 bits per heavy atom. The van der Waals surface area contributed by atoms with E-state index in [4.69, 9.17) is 4.42 Å². The smallest absolute Gasteiger partial charge is 0.219 e. The van der Waals surface area contributed by atoms with Gasteiger partial charge in [-0.1, -0.05) is 24.8 Å². The molecular weight excluding hydrogens is 303 g/mol. The molecule has 24 heavy (non-hydrogen) atoms. The minimum atomic E-state index is -0.293. The average molecular weight is 320 g/mol. The van der Waals surface area contributed by atoms with Gasteiger partial charge in [0.15, 0.2) is 5.58 Å². The zero-order chi connectivity index (χ0) is 16.9. The second-order valence-electron chi connectivity index (χ2n) is 5.42. The number of nitrogens with zero attached hydrogens (tertiary/aromatic N) is 2. The highest BCUT2D eigenvalue weighted by molar-refractivity contribution is 5.80. The first-order valence-electron chi connectivity index (χ1n) is 7.62. The van der Waals surface area contributed by atoms with Crippen molar-refractivity contribution in [1.29, 1.82) is 0 Å². The Bertz CT molecular complexity index is 923. The van der Waals surface area contributed by atoms with Crippen LogP contribution in [-0.4, -0.2) is 9.97 Å². The summed E-state index contributed by atoms with van der Waals surface area (Å²) in [6.45, 7) is 5.15. The van der Waals surface area contributed by atoms with Gasteiger partial charge in [0.1, 0.15) is 11.3 Å². The van der Waals surface area contributed by atoms with Crippen LogP contribution in [0.5, 0.6) is 0 Å². The molecule has 0 amide bonds. The fourth-order valence-electron chi connectivity index (χ4n) is 2.34. The van der Waals surface area contributed by atoms with E-state index in [0.29, 0.717) is 23.5 Å². The molecule has 0 unspecified atom stereocenters. The molecule has 120 valence electrons. The lowest BCUT2D eigenvalue weighted by Gasteiger charge is -1.99. The van der Waals surface area contributed by atoms with Crippen molar-refractivity contribution in [3.8, 4) is 11.1 Å². The summed E-state index contributed by atoms with van der Waals surface area (Å²) in [5, 5.41) is 0. The first-order valence-corrected chi connectivity index (χ1v) is 7.62. The van der Waals surface area contributed by atoms with E-state index < -0.39 is 0 Å². The van der Waals surface area contributed by atoms with Crippen molar-refractivity contribution >= 4 is 17.2 Å². The second-order valence-corrected chi connectivity index (χ2v) is 5.42. The highest BCUT2D eigenvalue weighted by atomic mass is 19.1. The van der Waals surface area contributed by atoms with E-state index in [-0.39, 0.29) is 5.83 Å². The number of allylic oxidation sites excluding steroid dienone is 4. The summed E-state index contributed by atoms with van der Waals surface area (Å²) < 4.78 is 19.0. The first-order chi connectivity index (χ1) is 11.7. The Kier molecular flexibility index (Phi) is 4.66. The van der Waals surface area contributed by atoms with Crippen molar-refractivity contribution in [2.75, 3.05) is 0 Å². The monoisotopic (exact) mass is 320 g/mol. The largest absolute Gasteiger partial charge is 0.437 e. The summed E-state index contributed by atoms with van der Waals surface area (Å²) in [4.78, 5) is 8.58. The number of hydrogen-bond donors (Lipinski definition) is 0. The number of fused-ring (bicyclic) bond motifs is 1. The Balaban J connectivity index is 1.83. The number of hydrogen-bond acceptors (Lipinski definition) is 3. The molecule has 0 saturated heterocycles. The lowest BCUT2D eigenvalue weighted by atomic mass is 10.1. The Morgan fingerprint density at radius 1 is 1.29 bits per heavy atom. The van der Waals surface area contributed by atoms with Gasteiger partial charge < -0.3 is 4.42 Å². The van der Waals surface area contributed by atoms with Crippen molar-refractivity contribution in [3.63, 3.8) is 0 Å². The Morgan fingerprint density at radius 2 is 2.17 bits per heavy atom. The lowest BCUT2D eigenvalue weighted by Crippen LogP contribution is -1.79. The van der Waals surface area contributed by atoms with Gasteiger partial charge in [-0.2, -0.15) is 0 Å². The van der Waals surface area contributed by atoms with Gasteiger partial charge in [-0.25, -0.2) is 9.37 Å². The van der Waals surface area contributed by atoms with Crippen molar-refractivity contribution in [2.45, 2.75) is 13.3 Å². The maximum atomic E-state index is 13.3. The summed E-state index contributed by atoms with van der Waals surface area (Å²) in [6.07, 6.45) is 8.83. The van der Waals surface area contributed by atoms with Crippen LogP contribution in [0.25, 0.3) is 28.3 Å². The summed E-state index contributed by atoms with van der Waals surface area (Å²) in [7, 11) is 0. The highest BCUT2D eigenvalue weighted by Crippen LogP contribution is 2.24. The van der Waals surface area contributed by atoms with E-state index >= 15 is 0 Å². The molecule has 3 nitrogen and oxygen atoms in total. The van der Waals surface area contributed by atoms with Crippen LogP contribution in [-0.2, 0) is 0 Å². The predicted molar refractivity (Wildman–Crippen MR) is 94.9 cm³/mol. The van der Waals surface area contributed by atoms with Crippen molar-refractivity contribution in [2.24, 2.45) is 0 Å². The normalized spacial score (nSPS) is 12.6. The molecule has 0 aliphatic heterocycles. The van der Waals surface area contributed by atoms with E-state index in [2.05, 4.69) is 16.5 Å². The van der Waals surface area contributed by atoms with Crippen molar-refractivity contribution in [3.05, 3.63) is 78.7 Å². The minimum absolute atomic E-state index is 0.293. The first kappa shape index (κ1) is 15.9. The fraction of sp³-hybridized carbons (Fsp3) is 0.100. The molecule has 3 rings (SSSR count). The van der Waals surface area contributed by atoms with E-state index in [1.807, 2.05) is 42.6 Å². The Labute approximate surface area is 139 Å². The number of aromatic nitrogens is 2. The molecular formula is C20H17FN2O. The van der Waals surface area contributed by atoms with Crippen LogP contribution in [0.2, 0.25) is 0 Å². The third-order valence-corrected chi connectivity index (χ3v) is 3.67. The van der Waals surface area contributed by atoms with Gasteiger partial charge in [0.2, 0.25) is 5.89 Å². The number of pyridine rings is 1. The van der Waals surface area contributed by atoms with E-state index in [9.17, 15) is 4.39 Å². The summed E-state index contributed by atoms with van der Waals surface area (Å²) >= 11 is 0. The van der Waals surface area contributed by atoms with Crippen LogP contribution in [0.3, 0.4) is 0 Å². The predicted octanol–water partition coefficient (Wildman–Crippen LogP) is 5.72. The molecule has 2 heterocycles. The average Bonchev–Trinajstić information content (AvgIpc) is 3.03. The topological polar surface area (TPSA) is 38.9 Å². The fourth-order valence-corrected chi connectivity index (χ4v) is 2.34. The molecule has 0 radical (unpaired) electrons. The zero-order valence-electron chi connectivity index (χ0n) is 13.4. The molecule has 0 atom stereocenters. The van der Waals surface area contributed by atoms with Gasteiger partial charge in [-0.05, 0) is 54.8 Å². The van der Waals surface area contributed by atoms with E-state index in [1.54, 1.807) is 19.2 Å². The number of oxazole rings is 1. The van der Waals surface area contributed by atoms with Crippen molar-refractivity contribution < 1.29 is 8.81 Å². The molecule has 2 aromatic heterocycles. The van der Waals surface area contributed by atoms with Crippen LogP contribution in [0.15, 0.2) is 77.3 Å². The van der Waals surface area contributed by atoms with Gasteiger partial charge in [-0.3, -0.25) is 4.98 Å². The van der Waals surface area contributed by atoms with Crippen LogP contribution >= 0.6 is 0 Å². The Hall–Kier alpha value is -3.01. The van der Waals surface area contributed by atoms with Crippen LogP contribution < -0.4 is 0 Å². The second kappa shape index (κ2) is 7.04. The van der Waals surface area contributed by atoms with E-state index in [0.717, 1.165) is 16.6 Å². The molecule has 0 fully saturated rings. The molecule has 0 N–H and O–H groups in total. The summed E-state index contributed by atoms with van der Waals surface area (Å²) in [5.74, 6) is 0.207. The molecule has 3 aromatic rings. The standard InChI is InChI=1S/C20H17FN2O/c1-3-17(21)14(2)6-4-8-20-23-18-12-15(9-10-19(18)24-20)16-7-5-11-22-13-16/h3-5,7-13H,1,6H2,2H3/b8-4?,17-14-. The molecule has 0 saturated carbocycles. The quantitative estimate of drug-likeness (QED) is 0.564. The summed E-state index contributed by atoms with van der Waals surface area (Å²) in [6, 6.07) is 9.73. The molecule has 1 aromatic carbocycles. The number of benzene rings is 1. The molecule has 4 heteroatoms. The van der Waals surface area contributed by atoms with E-state index in [1.165, 1.54) is 6.08 Å². The number of rotatable bonds is 5. The minimum Gasteiger partial charge on any atom is -0.437 e. The lowest BCUT2D eigenvalue weighted by molar-refractivity contribution is 0.589. The molecule has 0 aliphatic rings.